The van der Waals surface area contributed by atoms with Gasteiger partial charge in [-0.15, -0.1) is 0 Å². The average Bonchev–Trinajstić information content (AvgIpc) is 2.43. The minimum atomic E-state index is -0.172. The summed E-state index contributed by atoms with van der Waals surface area (Å²) in [5, 5.41) is 0. The van der Waals surface area contributed by atoms with E-state index in [1.54, 1.807) is 0 Å². The first-order chi connectivity index (χ1) is 6.20. The zero-order chi connectivity index (χ0) is 9.31. The lowest BCUT2D eigenvalue weighted by Crippen LogP contribution is -2.34. The molecule has 1 aliphatic heterocycles. The molecule has 2 rings (SSSR count). The Morgan fingerprint density at radius 2 is 2.15 bits per heavy atom. The van der Waals surface area contributed by atoms with Crippen LogP contribution in [0.25, 0.3) is 0 Å². The van der Waals surface area contributed by atoms with Gasteiger partial charge < -0.3 is 10.6 Å². The summed E-state index contributed by atoms with van der Waals surface area (Å²) in [7, 11) is 0. The summed E-state index contributed by atoms with van der Waals surface area (Å²) >= 11 is 0. The molecule has 0 aromatic carbocycles. The SMILES string of the molecule is NC(=O)CCN1CCC2(CCC2)C1. The van der Waals surface area contributed by atoms with Crippen molar-refractivity contribution in [1.29, 1.82) is 0 Å². The van der Waals surface area contributed by atoms with E-state index in [4.69, 9.17) is 5.73 Å². The van der Waals surface area contributed by atoms with Gasteiger partial charge in [0.15, 0.2) is 0 Å². The lowest BCUT2D eigenvalue weighted by Gasteiger charge is -2.38. The molecule has 74 valence electrons. The molecule has 0 unspecified atom stereocenters. The van der Waals surface area contributed by atoms with Gasteiger partial charge in [0.25, 0.3) is 0 Å². The van der Waals surface area contributed by atoms with Crippen LogP contribution in [-0.2, 0) is 4.79 Å². The molecule has 2 N–H and O–H groups in total. The van der Waals surface area contributed by atoms with Crippen LogP contribution in [0.2, 0.25) is 0 Å². The van der Waals surface area contributed by atoms with Gasteiger partial charge in [0.2, 0.25) is 5.91 Å². The number of carbonyl (C=O) groups excluding carboxylic acids is 1. The zero-order valence-corrected chi connectivity index (χ0v) is 8.09. The number of carbonyl (C=O) groups is 1. The monoisotopic (exact) mass is 182 g/mol. The number of primary amides is 1. The molecule has 2 aliphatic rings. The molecule has 1 saturated carbocycles. The Hall–Kier alpha value is -0.570. The molecule has 1 aliphatic carbocycles. The largest absolute Gasteiger partial charge is 0.370 e. The third-order valence-electron chi connectivity index (χ3n) is 3.61. The predicted molar refractivity (Wildman–Crippen MR) is 51.2 cm³/mol. The second kappa shape index (κ2) is 3.29. The molecule has 3 nitrogen and oxygen atoms in total. The van der Waals surface area contributed by atoms with Crippen molar-refractivity contribution in [3.8, 4) is 0 Å². The minimum Gasteiger partial charge on any atom is -0.370 e. The highest BCUT2D eigenvalue weighted by Crippen LogP contribution is 2.47. The van der Waals surface area contributed by atoms with Gasteiger partial charge >= 0.3 is 0 Å². The molecule has 0 aromatic heterocycles. The molecule has 1 saturated heterocycles. The van der Waals surface area contributed by atoms with Crippen molar-refractivity contribution in [2.24, 2.45) is 11.1 Å². The van der Waals surface area contributed by atoms with Crippen LogP contribution in [0.5, 0.6) is 0 Å². The molecule has 0 atom stereocenters. The van der Waals surface area contributed by atoms with Crippen molar-refractivity contribution in [2.75, 3.05) is 19.6 Å². The fraction of sp³-hybridized carbons (Fsp3) is 0.900. The van der Waals surface area contributed by atoms with Gasteiger partial charge in [0.05, 0.1) is 0 Å². The van der Waals surface area contributed by atoms with E-state index in [0.29, 0.717) is 11.8 Å². The second-order valence-electron chi connectivity index (χ2n) is 4.60. The van der Waals surface area contributed by atoms with E-state index in [1.807, 2.05) is 0 Å². The van der Waals surface area contributed by atoms with Gasteiger partial charge in [-0.05, 0) is 31.2 Å². The topological polar surface area (TPSA) is 46.3 Å². The molecule has 0 aromatic rings. The van der Waals surface area contributed by atoms with E-state index in [-0.39, 0.29) is 5.91 Å². The summed E-state index contributed by atoms with van der Waals surface area (Å²) < 4.78 is 0. The summed E-state index contributed by atoms with van der Waals surface area (Å²) in [5.41, 5.74) is 5.77. The van der Waals surface area contributed by atoms with E-state index in [0.717, 1.165) is 6.54 Å². The quantitative estimate of drug-likeness (QED) is 0.699. The van der Waals surface area contributed by atoms with Crippen molar-refractivity contribution in [2.45, 2.75) is 32.1 Å². The summed E-state index contributed by atoms with van der Waals surface area (Å²) in [6.07, 6.45) is 6.08. The average molecular weight is 182 g/mol. The van der Waals surface area contributed by atoms with Crippen LogP contribution >= 0.6 is 0 Å². The number of hydrogen-bond donors (Lipinski definition) is 1. The standard InChI is InChI=1S/C10H18N2O/c11-9(13)2-6-12-7-5-10(8-12)3-1-4-10/h1-8H2,(H2,11,13). The molecule has 2 fully saturated rings. The lowest BCUT2D eigenvalue weighted by molar-refractivity contribution is -0.118. The number of hydrogen-bond acceptors (Lipinski definition) is 2. The Labute approximate surface area is 79.3 Å². The van der Waals surface area contributed by atoms with E-state index in [2.05, 4.69) is 4.90 Å². The number of amides is 1. The number of nitrogens with zero attached hydrogens (tertiary/aromatic N) is 1. The highest BCUT2D eigenvalue weighted by molar-refractivity contribution is 5.73. The molecule has 1 amide bonds. The third-order valence-corrected chi connectivity index (χ3v) is 3.61. The molecule has 3 heteroatoms. The van der Waals surface area contributed by atoms with Gasteiger partial charge in [-0.25, -0.2) is 0 Å². The molecule has 1 heterocycles. The number of likely N-dealkylation sites (tertiary alicyclic amines) is 1. The van der Waals surface area contributed by atoms with Crippen LogP contribution in [0.3, 0.4) is 0 Å². The van der Waals surface area contributed by atoms with Crippen molar-refractivity contribution in [1.82, 2.24) is 4.90 Å². The van der Waals surface area contributed by atoms with Crippen LogP contribution in [0.15, 0.2) is 0 Å². The molecular weight excluding hydrogens is 164 g/mol. The second-order valence-corrected chi connectivity index (χ2v) is 4.60. The molecule has 1 spiro atoms. The number of rotatable bonds is 3. The maximum absolute atomic E-state index is 10.6. The van der Waals surface area contributed by atoms with Crippen LogP contribution in [0.1, 0.15) is 32.1 Å². The third kappa shape index (κ3) is 1.85. The van der Waals surface area contributed by atoms with Gasteiger partial charge in [0, 0.05) is 19.5 Å². The summed E-state index contributed by atoms with van der Waals surface area (Å²) in [5.74, 6) is -0.172. The Morgan fingerprint density at radius 1 is 1.38 bits per heavy atom. The van der Waals surface area contributed by atoms with Gasteiger partial charge in [0.1, 0.15) is 0 Å². The van der Waals surface area contributed by atoms with E-state index >= 15 is 0 Å². The van der Waals surface area contributed by atoms with Crippen molar-refractivity contribution >= 4 is 5.91 Å². The summed E-state index contributed by atoms with van der Waals surface area (Å²) in [4.78, 5) is 13.0. The first kappa shape index (κ1) is 9.00. The van der Waals surface area contributed by atoms with E-state index < -0.39 is 0 Å². The smallest absolute Gasteiger partial charge is 0.218 e. The maximum atomic E-state index is 10.6. The van der Waals surface area contributed by atoms with E-state index in [1.165, 1.54) is 38.8 Å². The molecule has 0 radical (unpaired) electrons. The Morgan fingerprint density at radius 3 is 2.62 bits per heavy atom. The number of nitrogens with two attached hydrogens (primary N) is 1. The molecular formula is C10H18N2O. The predicted octanol–water partition coefficient (Wildman–Crippen LogP) is 0.738. The highest BCUT2D eigenvalue weighted by Gasteiger charge is 2.42. The molecule has 13 heavy (non-hydrogen) atoms. The molecule has 0 bridgehead atoms. The summed E-state index contributed by atoms with van der Waals surface area (Å²) in [6, 6.07) is 0. The Bertz CT molecular complexity index is 211. The summed E-state index contributed by atoms with van der Waals surface area (Å²) in [6.45, 7) is 3.25. The van der Waals surface area contributed by atoms with Crippen LogP contribution in [0.4, 0.5) is 0 Å². The minimum absolute atomic E-state index is 0.172. The zero-order valence-electron chi connectivity index (χ0n) is 8.09. The first-order valence-corrected chi connectivity index (χ1v) is 5.21. The van der Waals surface area contributed by atoms with Crippen LogP contribution in [0, 0.1) is 5.41 Å². The fourth-order valence-electron chi connectivity index (χ4n) is 2.57. The van der Waals surface area contributed by atoms with Crippen molar-refractivity contribution < 1.29 is 4.79 Å². The maximum Gasteiger partial charge on any atom is 0.218 e. The Kier molecular flexibility index (Phi) is 2.28. The normalized spacial score (nSPS) is 26.2. The first-order valence-electron chi connectivity index (χ1n) is 5.21. The van der Waals surface area contributed by atoms with Gasteiger partial charge in [-0.3, -0.25) is 4.79 Å². The van der Waals surface area contributed by atoms with Crippen LogP contribution < -0.4 is 5.73 Å². The van der Waals surface area contributed by atoms with Crippen molar-refractivity contribution in [3.63, 3.8) is 0 Å². The van der Waals surface area contributed by atoms with Crippen LogP contribution in [-0.4, -0.2) is 30.4 Å². The highest BCUT2D eigenvalue weighted by atomic mass is 16.1. The Balaban J connectivity index is 1.75. The lowest BCUT2D eigenvalue weighted by atomic mass is 9.68. The van der Waals surface area contributed by atoms with Gasteiger partial charge in [-0.1, -0.05) is 6.42 Å². The van der Waals surface area contributed by atoms with Crippen molar-refractivity contribution in [3.05, 3.63) is 0 Å². The van der Waals surface area contributed by atoms with Gasteiger partial charge in [-0.2, -0.15) is 0 Å². The van der Waals surface area contributed by atoms with E-state index in [9.17, 15) is 4.79 Å². The fourth-order valence-corrected chi connectivity index (χ4v) is 2.57.